The summed E-state index contributed by atoms with van der Waals surface area (Å²) >= 11 is 4.56. The van der Waals surface area contributed by atoms with Crippen LogP contribution in [0.5, 0.6) is 0 Å². The van der Waals surface area contributed by atoms with Crippen LogP contribution in [0.1, 0.15) is 21.1 Å². The number of rotatable bonds is 9. The molecule has 2 aliphatic heterocycles. The zero-order chi connectivity index (χ0) is 26.9. The summed E-state index contributed by atoms with van der Waals surface area (Å²) in [7, 11) is 1.25. The molecule has 0 aromatic carbocycles. The molecule has 4 heterocycles. The predicted octanol–water partition coefficient (Wildman–Crippen LogP) is 0.401. The number of nitrogens with zero attached hydrogens (tertiary/aromatic N) is 4. The van der Waals surface area contributed by atoms with Crippen molar-refractivity contribution in [1.82, 2.24) is 20.2 Å². The number of methoxy groups -OCH3 is 1. The summed E-state index contributed by atoms with van der Waals surface area (Å²) in [5, 5.41) is 25.7. The van der Waals surface area contributed by atoms with Crippen molar-refractivity contribution in [1.29, 1.82) is 0 Å². The summed E-state index contributed by atoms with van der Waals surface area (Å²) < 4.78 is 4.74. The summed E-state index contributed by atoms with van der Waals surface area (Å²) in [6, 6.07) is -1.02. The number of carbonyl (C=O) groups excluding carboxylic acids is 3. The van der Waals surface area contributed by atoms with Crippen molar-refractivity contribution >= 4 is 85.9 Å². The van der Waals surface area contributed by atoms with Gasteiger partial charge in [0.2, 0.25) is 0 Å². The van der Waals surface area contributed by atoms with Gasteiger partial charge in [-0.1, -0.05) is 16.5 Å². The molecule has 14 nitrogen and oxygen atoms in total. The largest absolute Gasteiger partial charge is 0.477 e. The van der Waals surface area contributed by atoms with Crippen molar-refractivity contribution in [3.63, 3.8) is 0 Å². The number of amides is 2. The molecule has 2 atom stereocenters. The van der Waals surface area contributed by atoms with Gasteiger partial charge in [0.15, 0.2) is 16.0 Å². The van der Waals surface area contributed by atoms with Gasteiger partial charge in [0.25, 0.3) is 11.8 Å². The van der Waals surface area contributed by atoms with Crippen LogP contribution in [-0.4, -0.2) is 84.7 Å². The Labute approximate surface area is 225 Å². The summed E-state index contributed by atoms with van der Waals surface area (Å²) in [6.07, 6.45) is 0.324. The van der Waals surface area contributed by atoms with E-state index in [1.807, 2.05) is 0 Å². The van der Waals surface area contributed by atoms with E-state index in [9.17, 15) is 29.5 Å². The number of aryl methyl sites for hydroxylation is 1. The fourth-order valence-corrected chi connectivity index (χ4v) is 7.52. The fraction of sp³-hybridized carbons (Fsp3) is 0.316. The van der Waals surface area contributed by atoms with Gasteiger partial charge in [-0.15, -0.1) is 34.9 Å². The van der Waals surface area contributed by atoms with E-state index in [2.05, 4.69) is 20.4 Å². The number of β-lactam (4-membered cyclic amide) rings is 1. The van der Waals surface area contributed by atoms with Crippen molar-refractivity contribution in [3.8, 4) is 0 Å². The highest BCUT2D eigenvalue weighted by Gasteiger charge is 2.54. The van der Waals surface area contributed by atoms with Crippen molar-refractivity contribution in [2.75, 3.05) is 30.1 Å². The van der Waals surface area contributed by atoms with Gasteiger partial charge < -0.3 is 31.8 Å². The average molecular weight is 586 g/mol. The molecule has 2 amide bonds. The van der Waals surface area contributed by atoms with Crippen LogP contribution in [0.2, 0.25) is 0 Å². The highest BCUT2D eigenvalue weighted by molar-refractivity contribution is 8.06. The number of carboxylic acid groups (broad SMARTS) is 1. The van der Waals surface area contributed by atoms with Gasteiger partial charge in [-0.2, -0.15) is 0 Å². The van der Waals surface area contributed by atoms with Gasteiger partial charge >= 0.3 is 11.9 Å². The zero-order valence-corrected chi connectivity index (χ0v) is 22.1. The fourth-order valence-electron chi connectivity index (χ4n) is 3.58. The normalized spacial score (nSPS) is 19.3. The molecule has 37 heavy (non-hydrogen) atoms. The van der Waals surface area contributed by atoms with E-state index in [1.165, 1.54) is 36.0 Å². The molecule has 1 fully saturated rings. The molecule has 0 bridgehead atoms. The molecule has 2 aromatic heterocycles. The van der Waals surface area contributed by atoms with Crippen LogP contribution in [0, 0.1) is 0 Å². The number of anilines is 2. The molecule has 0 aliphatic carbocycles. The summed E-state index contributed by atoms with van der Waals surface area (Å²) in [4.78, 5) is 59.4. The van der Waals surface area contributed by atoms with Gasteiger partial charge in [-0.3, -0.25) is 14.5 Å². The molecule has 0 unspecified atom stereocenters. The number of hydrogen-bond acceptors (Lipinski definition) is 15. The number of ether oxygens (including phenoxy) is 1. The third kappa shape index (κ3) is 5.22. The molecule has 1 saturated heterocycles. The average Bonchev–Trinajstić information content (AvgIpc) is 3.46. The molecule has 0 saturated carbocycles. The van der Waals surface area contributed by atoms with Crippen LogP contribution in [0.25, 0.3) is 0 Å². The number of carbonyl (C=O) groups is 4. The van der Waals surface area contributed by atoms with Crippen molar-refractivity contribution in [2.45, 2.75) is 17.8 Å². The van der Waals surface area contributed by atoms with E-state index in [1.54, 1.807) is 0 Å². The first kappa shape index (κ1) is 26.7. The number of thiazole rings is 2. The zero-order valence-electron chi connectivity index (χ0n) is 18.9. The first-order chi connectivity index (χ1) is 17.7. The van der Waals surface area contributed by atoms with E-state index in [-0.39, 0.29) is 32.3 Å². The van der Waals surface area contributed by atoms with E-state index < -0.39 is 40.9 Å². The number of oxime groups is 1. The number of nitrogens with one attached hydrogen (secondary N) is 1. The number of thioether (sulfide) groups is 2. The Morgan fingerprint density at radius 3 is 2.70 bits per heavy atom. The van der Waals surface area contributed by atoms with Gasteiger partial charge in [-0.25, -0.2) is 19.6 Å². The van der Waals surface area contributed by atoms with Crippen LogP contribution in [0.4, 0.5) is 10.3 Å². The number of nitrogen functional groups attached to an aromatic ring is 2. The van der Waals surface area contributed by atoms with E-state index in [0.29, 0.717) is 22.8 Å². The molecule has 2 aliphatic rings. The Kier molecular flexibility index (Phi) is 7.90. The van der Waals surface area contributed by atoms with E-state index in [0.717, 1.165) is 27.6 Å². The number of aliphatic carboxylic acids is 1. The molecule has 4 rings (SSSR count). The van der Waals surface area contributed by atoms with Gasteiger partial charge in [0, 0.05) is 28.2 Å². The Morgan fingerprint density at radius 1 is 1.32 bits per heavy atom. The van der Waals surface area contributed by atoms with Crippen LogP contribution in [0.3, 0.4) is 0 Å². The molecule has 196 valence electrons. The van der Waals surface area contributed by atoms with Gasteiger partial charge in [0.1, 0.15) is 27.7 Å². The minimum Gasteiger partial charge on any atom is -0.477 e. The van der Waals surface area contributed by atoms with E-state index in [4.69, 9.17) is 16.2 Å². The minimum atomic E-state index is -1.28. The van der Waals surface area contributed by atoms with Gasteiger partial charge in [-0.05, 0) is 0 Å². The SMILES string of the molecule is COC(=O)c1sc(N)nc1CCSC1=C(C(=O)O)N2C(=O)[C@@H](NC(=O)/C(=N\O)c3csc(N)n3)[C@H]2SC1. The lowest BCUT2D eigenvalue weighted by molar-refractivity contribution is -0.150. The molecule has 0 spiro atoms. The smallest absolute Gasteiger partial charge is 0.353 e. The highest BCUT2D eigenvalue weighted by atomic mass is 32.2. The monoisotopic (exact) mass is 585 g/mol. The maximum absolute atomic E-state index is 12.9. The maximum Gasteiger partial charge on any atom is 0.353 e. The number of aromatic nitrogens is 2. The molecular weight excluding hydrogens is 567 g/mol. The standard InChI is InChI=1S/C19H19N7O7S4/c1-33-17(31)12-6(22-19(21)37-12)2-3-34-8-5-35-15-10(14(28)26(15)11(8)16(29)30)24-13(27)9(25-32)7-4-36-18(20)23-7/h4,10,15,32H,2-3,5H2,1H3,(H2,20,23)(H2,21,22)(H,24,27)(H,29,30)/b25-9-/t10-,15-/m1/s1. The molecular formula is C19H19N7O7S4. The first-order valence-corrected chi connectivity index (χ1v) is 14.0. The summed E-state index contributed by atoms with van der Waals surface area (Å²) in [5.74, 6) is -2.65. The second-order valence-electron chi connectivity index (χ2n) is 7.38. The number of esters is 1. The Bertz CT molecular complexity index is 1340. The number of hydrogen-bond donors (Lipinski definition) is 5. The minimum absolute atomic E-state index is 0.0458. The quantitative estimate of drug-likeness (QED) is 0.0884. The summed E-state index contributed by atoms with van der Waals surface area (Å²) in [6.45, 7) is 0. The van der Waals surface area contributed by atoms with Crippen molar-refractivity contribution in [2.24, 2.45) is 5.16 Å². The molecule has 0 radical (unpaired) electrons. The predicted molar refractivity (Wildman–Crippen MR) is 139 cm³/mol. The highest BCUT2D eigenvalue weighted by Crippen LogP contribution is 2.43. The second-order valence-corrected chi connectivity index (χ2v) is 11.6. The van der Waals surface area contributed by atoms with Crippen LogP contribution < -0.4 is 16.8 Å². The molecule has 7 N–H and O–H groups in total. The second kappa shape index (κ2) is 11.0. The van der Waals surface area contributed by atoms with Crippen molar-refractivity contribution in [3.05, 3.63) is 32.2 Å². The van der Waals surface area contributed by atoms with Crippen molar-refractivity contribution < 1.29 is 34.2 Å². The molecule has 18 heteroatoms. The lowest BCUT2D eigenvalue weighted by atomic mass is 10.0. The lowest BCUT2D eigenvalue weighted by Gasteiger charge is -2.49. The number of carboxylic acids is 1. The van der Waals surface area contributed by atoms with Crippen LogP contribution in [0.15, 0.2) is 21.1 Å². The maximum atomic E-state index is 12.9. The first-order valence-electron chi connectivity index (χ1n) is 10.3. The summed E-state index contributed by atoms with van der Waals surface area (Å²) in [5.41, 5.74) is 11.2. The topological polar surface area (TPSA) is 223 Å². The van der Waals surface area contributed by atoms with E-state index >= 15 is 0 Å². The Balaban J connectivity index is 1.44. The number of fused-ring (bicyclic) bond motifs is 1. The van der Waals surface area contributed by atoms with Crippen LogP contribution >= 0.6 is 46.2 Å². The third-order valence-corrected chi connectivity index (χ3v) is 9.34. The lowest BCUT2D eigenvalue weighted by Crippen LogP contribution is -2.71. The number of nitrogens with two attached hydrogens (primary N) is 2. The Morgan fingerprint density at radius 2 is 2.08 bits per heavy atom. The van der Waals surface area contributed by atoms with Crippen LogP contribution in [-0.2, 0) is 25.5 Å². The third-order valence-electron chi connectivity index (χ3n) is 5.20. The Hall–Kier alpha value is -3.35. The van der Waals surface area contributed by atoms with Gasteiger partial charge in [0.05, 0.1) is 12.8 Å². The molecule has 2 aromatic rings.